The Morgan fingerprint density at radius 2 is 1.55 bits per heavy atom. The van der Waals surface area contributed by atoms with Crippen LogP contribution in [-0.2, 0) is 48.6 Å². The average molecular weight is 553 g/mol. The van der Waals surface area contributed by atoms with E-state index in [1.807, 2.05) is 6.08 Å². The second-order valence-electron chi connectivity index (χ2n) is 9.43. The van der Waals surface area contributed by atoms with Crippen LogP contribution in [0.25, 0.3) is 6.08 Å². The van der Waals surface area contributed by atoms with E-state index in [0.29, 0.717) is 10.6 Å². The van der Waals surface area contributed by atoms with Gasteiger partial charge in [-0.2, -0.15) is 0 Å². The van der Waals surface area contributed by atoms with E-state index in [1.54, 1.807) is 12.1 Å². The average Bonchev–Trinajstić information content (AvgIpc) is 2.83. The minimum atomic E-state index is -2.41. The molecule has 5 atom stereocenters. The molecule has 10 nitrogen and oxygen atoms in total. The summed E-state index contributed by atoms with van der Waals surface area (Å²) in [4.78, 5) is 47.7. The molecule has 1 saturated carbocycles. The number of carbonyl (C=O) groups is 4. The van der Waals surface area contributed by atoms with Crippen LogP contribution in [0.15, 0.2) is 23.8 Å². The molecule has 11 heteroatoms. The molecule has 1 unspecified atom stereocenters. The molecule has 1 N–H and O–H groups in total. The number of allylic oxidation sites excluding steroid dienone is 1. The predicted molar refractivity (Wildman–Crippen MR) is 135 cm³/mol. The van der Waals surface area contributed by atoms with Crippen molar-refractivity contribution in [1.82, 2.24) is 0 Å². The van der Waals surface area contributed by atoms with Crippen LogP contribution in [0, 0.1) is 0 Å². The number of rotatable bonds is 7. The molecule has 0 amide bonds. The molecule has 0 aromatic heterocycles. The maximum Gasteiger partial charge on any atom is 0.303 e. The first kappa shape index (κ1) is 29.6. The van der Waals surface area contributed by atoms with Gasteiger partial charge in [0.05, 0.1) is 0 Å². The molecule has 1 aromatic carbocycles. The largest absolute Gasteiger partial charge is 0.463 e. The fraction of sp³-hybridized carbons (Fsp3) is 0.556. The van der Waals surface area contributed by atoms with Crippen molar-refractivity contribution in [2.45, 2.75) is 90.0 Å². The number of benzene rings is 1. The Hall–Kier alpha value is -2.95. The van der Waals surface area contributed by atoms with Gasteiger partial charge in [-0.05, 0) is 43.4 Å². The molecule has 0 radical (unpaired) electrons. The number of hydrogen-bond donors (Lipinski definition) is 1. The molecule has 208 valence electrons. The van der Waals surface area contributed by atoms with E-state index in [9.17, 15) is 24.3 Å². The quantitative estimate of drug-likeness (QED) is 0.395. The lowest BCUT2D eigenvalue weighted by Gasteiger charge is -2.48. The lowest BCUT2D eigenvalue weighted by molar-refractivity contribution is -0.360. The van der Waals surface area contributed by atoms with Crippen molar-refractivity contribution in [2.75, 3.05) is 6.61 Å². The first-order valence-electron chi connectivity index (χ1n) is 12.5. The molecule has 1 heterocycles. The van der Waals surface area contributed by atoms with E-state index >= 15 is 0 Å². The second kappa shape index (κ2) is 12.7. The number of halogens is 1. The van der Waals surface area contributed by atoms with E-state index in [1.165, 1.54) is 18.6 Å². The van der Waals surface area contributed by atoms with Crippen molar-refractivity contribution < 1.29 is 48.0 Å². The first-order valence-corrected chi connectivity index (χ1v) is 12.8. The van der Waals surface area contributed by atoms with Crippen LogP contribution in [0.3, 0.4) is 0 Å². The molecule has 0 bridgehead atoms. The van der Waals surface area contributed by atoms with Crippen LogP contribution in [0.4, 0.5) is 0 Å². The highest BCUT2D eigenvalue weighted by Gasteiger charge is 2.60. The van der Waals surface area contributed by atoms with Crippen molar-refractivity contribution in [2.24, 2.45) is 0 Å². The van der Waals surface area contributed by atoms with Gasteiger partial charge in [0.2, 0.25) is 11.9 Å². The number of esters is 4. The zero-order chi connectivity index (χ0) is 28.0. The normalized spacial score (nSPS) is 27.2. The van der Waals surface area contributed by atoms with Crippen LogP contribution in [0.5, 0.6) is 0 Å². The molecule has 2 fully saturated rings. The molecule has 1 aliphatic carbocycles. The van der Waals surface area contributed by atoms with Gasteiger partial charge in [0.15, 0.2) is 12.2 Å². The summed E-state index contributed by atoms with van der Waals surface area (Å²) in [5.74, 6) is -5.43. The zero-order valence-corrected chi connectivity index (χ0v) is 22.6. The Bertz CT molecular complexity index is 1090. The maximum absolute atomic E-state index is 12.1. The Morgan fingerprint density at radius 1 is 0.947 bits per heavy atom. The maximum atomic E-state index is 12.1. The summed E-state index contributed by atoms with van der Waals surface area (Å²) < 4.78 is 27.3. The van der Waals surface area contributed by atoms with Crippen LogP contribution >= 0.6 is 11.6 Å². The molecule has 1 aromatic rings. The molecular formula is C27H33ClO10. The highest BCUT2D eigenvalue weighted by molar-refractivity contribution is 6.32. The standard InChI is InChI=1S/C27H33ClO10/c1-15(29)34-14-23-24(35-16(2)30)25(36-17(3)31)26(37-18(4)32)27(33,38-23)21-10-11-22(28)20(13-21)12-19-8-6-5-7-9-19/h10-13,23-26,33H,5-9,14H2,1-4H3/t23-,24-,25+,26-,27?/m1/s1. The van der Waals surface area contributed by atoms with Crippen LogP contribution in [0.1, 0.15) is 70.9 Å². The van der Waals surface area contributed by atoms with E-state index in [4.69, 9.17) is 35.3 Å². The molecular weight excluding hydrogens is 520 g/mol. The summed E-state index contributed by atoms with van der Waals surface area (Å²) in [5, 5.41) is 12.4. The van der Waals surface area contributed by atoms with Gasteiger partial charge in [-0.1, -0.05) is 35.7 Å². The number of ether oxygens (including phenoxy) is 5. The van der Waals surface area contributed by atoms with Gasteiger partial charge < -0.3 is 28.8 Å². The minimum absolute atomic E-state index is 0.141. The summed E-state index contributed by atoms with van der Waals surface area (Å²) in [6.07, 6.45) is 1.30. The van der Waals surface area contributed by atoms with E-state index in [0.717, 1.165) is 52.9 Å². The third-order valence-corrected chi connectivity index (χ3v) is 6.66. The van der Waals surface area contributed by atoms with Gasteiger partial charge in [0.1, 0.15) is 12.7 Å². The molecule has 3 rings (SSSR count). The number of aliphatic hydroxyl groups is 1. The summed E-state index contributed by atoms with van der Waals surface area (Å²) >= 11 is 6.47. The van der Waals surface area contributed by atoms with Gasteiger partial charge in [-0.25, -0.2) is 0 Å². The number of hydrogen-bond acceptors (Lipinski definition) is 10. The Kier molecular flexibility index (Phi) is 9.92. The van der Waals surface area contributed by atoms with Crippen molar-refractivity contribution in [1.29, 1.82) is 0 Å². The van der Waals surface area contributed by atoms with Crippen molar-refractivity contribution >= 4 is 41.6 Å². The highest BCUT2D eigenvalue weighted by Crippen LogP contribution is 2.42. The molecule has 1 aliphatic heterocycles. The molecule has 2 aliphatic rings. The van der Waals surface area contributed by atoms with E-state index in [2.05, 4.69) is 0 Å². The second-order valence-corrected chi connectivity index (χ2v) is 9.84. The Labute approximate surface area is 226 Å². The van der Waals surface area contributed by atoms with E-state index < -0.39 is 60.7 Å². The summed E-state index contributed by atoms with van der Waals surface area (Å²) in [5.41, 5.74) is 1.97. The van der Waals surface area contributed by atoms with Gasteiger partial charge in [-0.15, -0.1) is 0 Å². The highest BCUT2D eigenvalue weighted by atomic mass is 35.5. The number of carbonyl (C=O) groups excluding carboxylic acids is 4. The lowest BCUT2D eigenvalue weighted by atomic mass is 9.86. The van der Waals surface area contributed by atoms with Gasteiger partial charge in [0, 0.05) is 38.3 Å². The lowest BCUT2D eigenvalue weighted by Crippen LogP contribution is -2.66. The van der Waals surface area contributed by atoms with Gasteiger partial charge in [0.25, 0.3) is 0 Å². The summed E-state index contributed by atoms with van der Waals surface area (Å²) in [6, 6.07) is 4.65. The molecule has 0 spiro atoms. The van der Waals surface area contributed by atoms with Gasteiger partial charge in [-0.3, -0.25) is 19.2 Å². The zero-order valence-electron chi connectivity index (χ0n) is 21.9. The summed E-state index contributed by atoms with van der Waals surface area (Å²) in [6.45, 7) is 4.06. The SMILES string of the molecule is CC(=O)OC[C@H]1OC(O)(c2ccc(Cl)c(C=C3CCCCC3)c2)[C@H](OC(C)=O)[C@@H](OC(C)=O)[C@@H]1OC(C)=O. The molecule has 1 saturated heterocycles. The third-order valence-electron chi connectivity index (χ3n) is 6.32. The summed E-state index contributed by atoms with van der Waals surface area (Å²) in [7, 11) is 0. The topological polar surface area (TPSA) is 135 Å². The van der Waals surface area contributed by atoms with Crippen molar-refractivity contribution in [3.05, 3.63) is 39.9 Å². The monoisotopic (exact) mass is 552 g/mol. The smallest absolute Gasteiger partial charge is 0.303 e. The minimum Gasteiger partial charge on any atom is -0.463 e. The van der Waals surface area contributed by atoms with Crippen molar-refractivity contribution in [3.8, 4) is 0 Å². The fourth-order valence-electron chi connectivity index (χ4n) is 4.76. The third kappa shape index (κ3) is 7.33. The van der Waals surface area contributed by atoms with Gasteiger partial charge >= 0.3 is 23.9 Å². The Balaban J connectivity index is 2.14. The van der Waals surface area contributed by atoms with Crippen LogP contribution in [0.2, 0.25) is 5.02 Å². The first-order chi connectivity index (χ1) is 17.9. The van der Waals surface area contributed by atoms with Crippen LogP contribution in [-0.4, -0.2) is 60.0 Å². The van der Waals surface area contributed by atoms with Crippen LogP contribution < -0.4 is 0 Å². The molecule has 38 heavy (non-hydrogen) atoms. The Morgan fingerprint density at radius 3 is 2.13 bits per heavy atom. The predicted octanol–water partition coefficient (Wildman–Crippen LogP) is 3.59. The van der Waals surface area contributed by atoms with Crippen molar-refractivity contribution in [3.63, 3.8) is 0 Å². The fourth-order valence-corrected chi connectivity index (χ4v) is 4.93. The van der Waals surface area contributed by atoms with E-state index in [-0.39, 0.29) is 5.56 Å².